The lowest BCUT2D eigenvalue weighted by molar-refractivity contribution is 0.0977. The smallest absolute Gasteiger partial charge is 0.240 e. The Kier molecular flexibility index (Phi) is 7.43. The number of halogens is 2. The van der Waals surface area contributed by atoms with E-state index in [0.717, 1.165) is 31.2 Å². The monoisotopic (exact) mass is 413 g/mol. The lowest BCUT2D eigenvalue weighted by atomic mass is 10.1. The number of pyridine rings is 1. The summed E-state index contributed by atoms with van der Waals surface area (Å²) >= 11 is 5.62. The van der Waals surface area contributed by atoms with Crippen LogP contribution in [0.1, 0.15) is 28.9 Å². The number of hydrogen-bond donors (Lipinski definition) is 1. The summed E-state index contributed by atoms with van der Waals surface area (Å²) in [6.07, 6.45) is 2.63. The molecule has 2 rings (SSSR count). The van der Waals surface area contributed by atoms with Crippen molar-refractivity contribution in [2.24, 2.45) is 0 Å². The largest absolute Gasteiger partial charge is 0.309 e. The molecule has 0 spiro atoms. The number of Topliss-reactive ketones (excluding diaryl/α,β-unsaturated/α-hetero) is 1. The van der Waals surface area contributed by atoms with Crippen molar-refractivity contribution in [2.75, 3.05) is 20.6 Å². The second-order valence-corrected chi connectivity index (χ2v) is 8.44. The predicted octanol–water partition coefficient (Wildman–Crippen LogP) is 2.88. The topological polar surface area (TPSA) is 79.4 Å². The van der Waals surface area contributed by atoms with Crippen LogP contribution in [0.4, 0.5) is 4.39 Å². The van der Waals surface area contributed by atoms with Gasteiger partial charge in [-0.1, -0.05) is 11.6 Å². The molecule has 0 unspecified atom stereocenters. The molecule has 0 aliphatic rings. The first-order valence-corrected chi connectivity index (χ1v) is 10.1. The average Bonchev–Trinajstić information content (AvgIpc) is 2.62. The normalized spacial score (nSPS) is 11.7. The fraction of sp³-hybridized carbons (Fsp3) is 0.333. The molecular weight excluding hydrogens is 393 g/mol. The van der Waals surface area contributed by atoms with Crippen LogP contribution in [-0.4, -0.2) is 44.7 Å². The third-order valence-corrected chi connectivity index (χ3v) is 5.49. The summed E-state index contributed by atoms with van der Waals surface area (Å²) in [7, 11) is 0.0353. The van der Waals surface area contributed by atoms with Crippen LogP contribution < -0.4 is 4.72 Å². The molecule has 0 atom stereocenters. The molecule has 0 aliphatic heterocycles. The minimum absolute atomic E-state index is 0.00238. The van der Waals surface area contributed by atoms with Gasteiger partial charge >= 0.3 is 0 Å². The zero-order valence-electron chi connectivity index (χ0n) is 15.1. The number of aromatic nitrogens is 1. The van der Waals surface area contributed by atoms with Crippen molar-refractivity contribution < 1.29 is 17.6 Å². The van der Waals surface area contributed by atoms with Crippen LogP contribution in [0.2, 0.25) is 5.02 Å². The van der Waals surface area contributed by atoms with Crippen LogP contribution in [0.15, 0.2) is 41.4 Å². The Morgan fingerprint density at radius 1 is 1.26 bits per heavy atom. The van der Waals surface area contributed by atoms with Crippen LogP contribution in [0.5, 0.6) is 0 Å². The van der Waals surface area contributed by atoms with Gasteiger partial charge in [0, 0.05) is 18.2 Å². The summed E-state index contributed by atoms with van der Waals surface area (Å²) < 4.78 is 40.0. The minimum Gasteiger partial charge on any atom is -0.309 e. The van der Waals surface area contributed by atoms with E-state index >= 15 is 0 Å². The number of sulfonamides is 1. The van der Waals surface area contributed by atoms with Crippen molar-refractivity contribution in [3.63, 3.8) is 0 Å². The summed E-state index contributed by atoms with van der Waals surface area (Å²) in [5.74, 6) is -0.694. The highest BCUT2D eigenvalue weighted by Crippen LogP contribution is 2.19. The molecule has 0 saturated carbocycles. The van der Waals surface area contributed by atoms with Crippen LogP contribution >= 0.6 is 11.6 Å². The molecule has 146 valence electrons. The Morgan fingerprint density at radius 2 is 2.00 bits per heavy atom. The highest BCUT2D eigenvalue weighted by atomic mass is 35.5. The first-order chi connectivity index (χ1) is 12.7. The molecule has 0 saturated heterocycles. The average molecular weight is 414 g/mol. The molecule has 0 bridgehead atoms. The van der Waals surface area contributed by atoms with Gasteiger partial charge in [0.2, 0.25) is 10.0 Å². The molecule has 0 aliphatic carbocycles. The molecule has 6 nitrogen and oxygen atoms in total. The minimum atomic E-state index is -3.86. The number of benzene rings is 1. The molecule has 0 radical (unpaired) electrons. The van der Waals surface area contributed by atoms with Crippen molar-refractivity contribution in [3.8, 4) is 0 Å². The Morgan fingerprint density at radius 3 is 2.59 bits per heavy atom. The zero-order valence-corrected chi connectivity index (χ0v) is 16.6. The maximum atomic E-state index is 13.2. The van der Waals surface area contributed by atoms with Gasteiger partial charge in [0.05, 0.1) is 22.2 Å². The van der Waals surface area contributed by atoms with E-state index in [2.05, 4.69) is 9.71 Å². The number of nitrogens with one attached hydrogen (secondary N) is 1. The summed E-state index contributed by atoms with van der Waals surface area (Å²) in [5, 5.41) is -0.270. The highest BCUT2D eigenvalue weighted by molar-refractivity contribution is 7.89. The van der Waals surface area contributed by atoms with Gasteiger partial charge in [-0.25, -0.2) is 17.5 Å². The Balaban J connectivity index is 1.96. The lowest BCUT2D eigenvalue weighted by Gasteiger charge is -2.09. The third-order valence-electron chi connectivity index (χ3n) is 3.80. The van der Waals surface area contributed by atoms with E-state index in [1.807, 2.05) is 19.0 Å². The van der Waals surface area contributed by atoms with Gasteiger partial charge in [-0.3, -0.25) is 9.78 Å². The van der Waals surface area contributed by atoms with Gasteiger partial charge in [0.25, 0.3) is 0 Å². The molecule has 27 heavy (non-hydrogen) atoms. The van der Waals surface area contributed by atoms with Gasteiger partial charge in [-0.15, -0.1) is 0 Å². The summed E-state index contributed by atoms with van der Waals surface area (Å²) in [4.78, 5) is 18.1. The van der Waals surface area contributed by atoms with Gasteiger partial charge < -0.3 is 4.90 Å². The Labute approximate surface area is 163 Å². The standard InChI is InChI=1S/C18H21ClFN3O3S/c1-23(2)9-3-4-18(24)13-5-6-14(21-11-13)12-22-27(25,26)15-7-8-17(20)16(19)10-15/h5-8,10-11,22H,3-4,9,12H2,1-2H3. The van der Waals surface area contributed by atoms with E-state index in [-0.39, 0.29) is 22.2 Å². The fourth-order valence-electron chi connectivity index (χ4n) is 2.29. The van der Waals surface area contributed by atoms with Crippen molar-refractivity contribution in [2.45, 2.75) is 24.3 Å². The highest BCUT2D eigenvalue weighted by Gasteiger charge is 2.16. The number of hydrogen-bond acceptors (Lipinski definition) is 5. The molecule has 0 fully saturated rings. The zero-order chi connectivity index (χ0) is 20.0. The van der Waals surface area contributed by atoms with E-state index < -0.39 is 15.8 Å². The predicted molar refractivity (Wildman–Crippen MR) is 102 cm³/mol. The third kappa shape index (κ3) is 6.35. The Bertz CT molecular complexity index is 903. The maximum Gasteiger partial charge on any atom is 0.240 e. The number of rotatable bonds is 9. The van der Waals surface area contributed by atoms with Crippen molar-refractivity contribution in [3.05, 3.63) is 58.6 Å². The lowest BCUT2D eigenvalue weighted by Crippen LogP contribution is -2.23. The van der Waals surface area contributed by atoms with E-state index in [4.69, 9.17) is 11.6 Å². The summed E-state index contributed by atoms with van der Waals surface area (Å²) in [6.45, 7) is 0.763. The fourth-order valence-corrected chi connectivity index (χ4v) is 3.56. The van der Waals surface area contributed by atoms with Gasteiger partial charge in [-0.2, -0.15) is 0 Å². The van der Waals surface area contributed by atoms with Crippen LogP contribution in [0.3, 0.4) is 0 Å². The summed E-state index contributed by atoms with van der Waals surface area (Å²) in [6, 6.07) is 6.39. The van der Waals surface area contributed by atoms with Crippen LogP contribution in [-0.2, 0) is 16.6 Å². The molecule has 9 heteroatoms. The number of nitrogens with zero attached hydrogens (tertiary/aromatic N) is 2. The molecule has 0 amide bonds. The van der Waals surface area contributed by atoms with E-state index in [1.165, 1.54) is 6.20 Å². The first-order valence-electron chi connectivity index (χ1n) is 8.26. The van der Waals surface area contributed by atoms with Gasteiger partial charge in [0.15, 0.2) is 5.78 Å². The second-order valence-electron chi connectivity index (χ2n) is 6.27. The van der Waals surface area contributed by atoms with E-state index in [9.17, 15) is 17.6 Å². The molecule has 1 heterocycles. The van der Waals surface area contributed by atoms with Crippen molar-refractivity contribution >= 4 is 27.4 Å². The number of carbonyl (C=O) groups excluding carboxylic acids is 1. The van der Waals surface area contributed by atoms with Gasteiger partial charge in [-0.05, 0) is 57.4 Å². The first kappa shape index (κ1) is 21.4. The van der Waals surface area contributed by atoms with E-state index in [0.29, 0.717) is 17.7 Å². The number of carbonyl (C=O) groups is 1. The maximum absolute atomic E-state index is 13.2. The molecule has 1 N–H and O–H groups in total. The van der Waals surface area contributed by atoms with Crippen LogP contribution in [0, 0.1) is 5.82 Å². The van der Waals surface area contributed by atoms with Gasteiger partial charge in [0.1, 0.15) is 5.82 Å². The Hall–Kier alpha value is -1.87. The van der Waals surface area contributed by atoms with Crippen LogP contribution in [0.25, 0.3) is 0 Å². The molecular formula is C18H21ClFN3O3S. The van der Waals surface area contributed by atoms with E-state index in [1.54, 1.807) is 12.1 Å². The van der Waals surface area contributed by atoms with Crippen molar-refractivity contribution in [1.29, 1.82) is 0 Å². The molecule has 1 aromatic heterocycles. The summed E-state index contributed by atoms with van der Waals surface area (Å²) in [5.41, 5.74) is 0.947. The van der Waals surface area contributed by atoms with Crippen molar-refractivity contribution in [1.82, 2.24) is 14.6 Å². The number of ketones is 1. The quantitative estimate of drug-likeness (QED) is 0.639. The SMILES string of the molecule is CN(C)CCCC(=O)c1ccc(CNS(=O)(=O)c2ccc(F)c(Cl)c2)nc1. The molecule has 2 aromatic rings. The molecule has 1 aromatic carbocycles. The second kappa shape index (κ2) is 9.36.